The largest absolute Gasteiger partial charge is 0.330 e. The summed E-state index contributed by atoms with van der Waals surface area (Å²) in [5.41, 5.74) is 5.34. The lowest BCUT2D eigenvalue weighted by atomic mass is 9.98. The van der Waals surface area contributed by atoms with Crippen LogP contribution in [0.4, 0.5) is 0 Å². The minimum atomic E-state index is 0.221. The number of hydrogen-bond donors (Lipinski definition) is 1. The summed E-state index contributed by atoms with van der Waals surface area (Å²) in [6.45, 7) is 4.73. The van der Waals surface area contributed by atoms with Gasteiger partial charge in [-0.2, -0.15) is 0 Å². The van der Waals surface area contributed by atoms with Crippen LogP contribution in [0.1, 0.15) is 39.5 Å². The molecule has 0 spiro atoms. The topological polar surface area (TPSA) is 43.1 Å². The second-order valence-electron chi connectivity index (χ2n) is 3.05. The van der Waals surface area contributed by atoms with E-state index < -0.39 is 0 Å². The van der Waals surface area contributed by atoms with Gasteiger partial charge in [0.15, 0.2) is 0 Å². The number of carbonyl (C=O) groups excluding carboxylic acids is 1. The van der Waals surface area contributed by atoms with E-state index in [2.05, 4.69) is 0 Å². The predicted octanol–water partition coefficient (Wildman–Crippen LogP) is 1.73. The third-order valence-electron chi connectivity index (χ3n) is 1.89. The molecule has 0 aromatic carbocycles. The molecule has 0 heterocycles. The molecule has 2 N–H and O–H groups in total. The van der Waals surface area contributed by atoms with Crippen LogP contribution < -0.4 is 5.73 Å². The third kappa shape index (κ3) is 4.96. The fourth-order valence-electron chi connectivity index (χ4n) is 1.08. The molecular formula is C9H19NO. The molecular weight excluding hydrogens is 138 g/mol. The van der Waals surface area contributed by atoms with Crippen molar-refractivity contribution in [1.82, 2.24) is 0 Å². The lowest BCUT2D eigenvalue weighted by Gasteiger charge is -2.07. The summed E-state index contributed by atoms with van der Waals surface area (Å²) < 4.78 is 0. The second kappa shape index (κ2) is 6.35. The molecule has 0 aliphatic rings. The summed E-state index contributed by atoms with van der Waals surface area (Å²) in [6, 6.07) is 0. The Labute approximate surface area is 69.2 Å². The molecule has 66 valence electrons. The summed E-state index contributed by atoms with van der Waals surface area (Å²) >= 11 is 0. The molecule has 0 radical (unpaired) electrons. The van der Waals surface area contributed by atoms with Crippen LogP contribution in [-0.2, 0) is 4.79 Å². The van der Waals surface area contributed by atoms with Crippen LogP contribution in [0.25, 0.3) is 0 Å². The molecule has 0 saturated heterocycles. The average molecular weight is 157 g/mol. The molecule has 1 unspecified atom stereocenters. The number of ketones is 1. The van der Waals surface area contributed by atoms with Crippen molar-refractivity contribution in [2.45, 2.75) is 39.5 Å². The zero-order valence-electron chi connectivity index (χ0n) is 7.60. The van der Waals surface area contributed by atoms with Crippen molar-refractivity contribution >= 4 is 5.78 Å². The van der Waals surface area contributed by atoms with Gasteiger partial charge < -0.3 is 5.73 Å². The number of carbonyl (C=O) groups is 1. The van der Waals surface area contributed by atoms with Crippen molar-refractivity contribution in [3.05, 3.63) is 0 Å². The van der Waals surface area contributed by atoms with E-state index in [4.69, 9.17) is 5.73 Å². The Morgan fingerprint density at radius 1 is 1.55 bits per heavy atom. The van der Waals surface area contributed by atoms with Gasteiger partial charge in [0.2, 0.25) is 0 Å². The van der Waals surface area contributed by atoms with Gasteiger partial charge in [0, 0.05) is 12.3 Å². The highest BCUT2D eigenvalue weighted by Crippen LogP contribution is 2.09. The van der Waals surface area contributed by atoms with Gasteiger partial charge in [0.25, 0.3) is 0 Å². The summed E-state index contributed by atoms with van der Waals surface area (Å²) in [4.78, 5) is 11.2. The van der Waals surface area contributed by atoms with E-state index in [-0.39, 0.29) is 5.92 Å². The molecule has 0 bridgehead atoms. The van der Waals surface area contributed by atoms with Gasteiger partial charge in [-0.15, -0.1) is 0 Å². The first-order valence-corrected chi connectivity index (χ1v) is 4.45. The molecule has 11 heavy (non-hydrogen) atoms. The van der Waals surface area contributed by atoms with Gasteiger partial charge in [0.1, 0.15) is 5.78 Å². The third-order valence-corrected chi connectivity index (χ3v) is 1.89. The first kappa shape index (κ1) is 10.6. The van der Waals surface area contributed by atoms with Crippen LogP contribution in [0.3, 0.4) is 0 Å². The van der Waals surface area contributed by atoms with E-state index in [9.17, 15) is 4.79 Å². The highest BCUT2D eigenvalue weighted by molar-refractivity contribution is 5.80. The quantitative estimate of drug-likeness (QED) is 0.638. The van der Waals surface area contributed by atoms with Crippen LogP contribution in [0, 0.1) is 5.92 Å². The number of rotatable bonds is 6. The molecule has 0 fully saturated rings. The highest BCUT2D eigenvalue weighted by atomic mass is 16.1. The number of Topliss-reactive ketones (excluding diaryl/α,β-unsaturated/α-hetero) is 1. The van der Waals surface area contributed by atoms with Crippen molar-refractivity contribution in [3.63, 3.8) is 0 Å². The van der Waals surface area contributed by atoms with E-state index in [0.29, 0.717) is 12.3 Å². The monoisotopic (exact) mass is 157 g/mol. The maximum absolute atomic E-state index is 11.2. The van der Waals surface area contributed by atoms with Gasteiger partial charge in [-0.1, -0.05) is 13.8 Å². The molecule has 0 aliphatic heterocycles. The van der Waals surface area contributed by atoms with Gasteiger partial charge in [-0.3, -0.25) is 4.79 Å². The van der Waals surface area contributed by atoms with Crippen molar-refractivity contribution in [3.8, 4) is 0 Å². The van der Waals surface area contributed by atoms with Crippen LogP contribution in [0.5, 0.6) is 0 Å². The van der Waals surface area contributed by atoms with Crippen LogP contribution >= 0.6 is 0 Å². The maximum Gasteiger partial charge on any atom is 0.135 e. The van der Waals surface area contributed by atoms with Crippen LogP contribution in [-0.4, -0.2) is 12.3 Å². The highest BCUT2D eigenvalue weighted by Gasteiger charge is 2.09. The normalized spacial score (nSPS) is 13.0. The van der Waals surface area contributed by atoms with Crippen LogP contribution in [0.2, 0.25) is 0 Å². The minimum absolute atomic E-state index is 0.221. The SMILES string of the molecule is CCCC(=O)C(C)CCCN. The second-order valence-corrected chi connectivity index (χ2v) is 3.05. The fourth-order valence-corrected chi connectivity index (χ4v) is 1.08. The van der Waals surface area contributed by atoms with Crippen molar-refractivity contribution in [1.29, 1.82) is 0 Å². The molecule has 0 rings (SSSR count). The maximum atomic E-state index is 11.2. The van der Waals surface area contributed by atoms with Gasteiger partial charge >= 0.3 is 0 Å². The van der Waals surface area contributed by atoms with Crippen LogP contribution in [0.15, 0.2) is 0 Å². The number of nitrogens with two attached hydrogens (primary N) is 1. The van der Waals surface area contributed by atoms with Crippen molar-refractivity contribution in [2.75, 3.05) is 6.54 Å². The average Bonchev–Trinajstić information content (AvgIpc) is 2.00. The zero-order valence-corrected chi connectivity index (χ0v) is 7.60. The van der Waals surface area contributed by atoms with Gasteiger partial charge in [-0.25, -0.2) is 0 Å². The fraction of sp³-hybridized carbons (Fsp3) is 0.889. The van der Waals surface area contributed by atoms with E-state index >= 15 is 0 Å². The zero-order chi connectivity index (χ0) is 8.69. The van der Waals surface area contributed by atoms with E-state index in [1.165, 1.54) is 0 Å². The summed E-state index contributed by atoms with van der Waals surface area (Å²) in [6.07, 6.45) is 3.61. The smallest absolute Gasteiger partial charge is 0.135 e. The van der Waals surface area contributed by atoms with E-state index in [1.54, 1.807) is 0 Å². The lowest BCUT2D eigenvalue weighted by molar-refractivity contribution is -0.122. The summed E-state index contributed by atoms with van der Waals surface area (Å²) in [5, 5.41) is 0. The molecule has 0 amide bonds. The first-order chi connectivity index (χ1) is 5.22. The Kier molecular flexibility index (Phi) is 6.13. The molecule has 1 atom stereocenters. The summed E-state index contributed by atoms with van der Waals surface area (Å²) in [5.74, 6) is 0.611. The van der Waals surface area contributed by atoms with Gasteiger partial charge in [-0.05, 0) is 25.8 Å². The van der Waals surface area contributed by atoms with Crippen molar-refractivity contribution < 1.29 is 4.79 Å². The standard InChI is InChI=1S/C9H19NO/c1-3-5-9(11)8(2)6-4-7-10/h8H,3-7,10H2,1-2H3. The molecule has 0 saturated carbocycles. The van der Waals surface area contributed by atoms with Gasteiger partial charge in [0.05, 0.1) is 0 Å². The first-order valence-electron chi connectivity index (χ1n) is 4.45. The van der Waals surface area contributed by atoms with E-state index in [1.807, 2.05) is 13.8 Å². The summed E-state index contributed by atoms with van der Waals surface area (Å²) in [7, 11) is 0. The molecule has 2 heteroatoms. The Morgan fingerprint density at radius 3 is 2.64 bits per heavy atom. The molecule has 0 aliphatic carbocycles. The Balaban J connectivity index is 3.46. The Bertz CT molecular complexity index is 112. The molecule has 0 aromatic heterocycles. The van der Waals surface area contributed by atoms with Crippen molar-refractivity contribution in [2.24, 2.45) is 11.7 Å². The minimum Gasteiger partial charge on any atom is -0.330 e. The van der Waals surface area contributed by atoms with E-state index in [0.717, 1.165) is 25.7 Å². The predicted molar refractivity (Wildman–Crippen MR) is 47.4 cm³/mol. The number of hydrogen-bond acceptors (Lipinski definition) is 2. The molecule has 2 nitrogen and oxygen atoms in total. The Morgan fingerprint density at radius 2 is 2.18 bits per heavy atom. The Hall–Kier alpha value is -0.370. The lowest BCUT2D eigenvalue weighted by Crippen LogP contribution is -2.12. The molecule has 0 aromatic rings.